The molecule has 0 bridgehead atoms. The molecule has 11 nitrogen and oxygen atoms in total. The van der Waals surface area contributed by atoms with Gasteiger partial charge in [0.05, 0.1) is 24.2 Å². The maximum atomic E-state index is 13.2. The first-order valence-electron chi connectivity index (χ1n) is 14.6. The van der Waals surface area contributed by atoms with Gasteiger partial charge in [-0.2, -0.15) is 0 Å². The highest BCUT2D eigenvalue weighted by Gasteiger charge is 2.32. The summed E-state index contributed by atoms with van der Waals surface area (Å²) in [4.78, 5) is 43.6. The first-order valence-corrected chi connectivity index (χ1v) is 15.8. The van der Waals surface area contributed by atoms with Gasteiger partial charge in [0.15, 0.2) is 5.82 Å². The molecule has 3 heterocycles. The minimum Gasteiger partial charge on any atom is -0.478 e. The first kappa shape index (κ1) is 35.3. The van der Waals surface area contributed by atoms with Crippen LogP contribution >= 0.6 is 35.3 Å². The van der Waals surface area contributed by atoms with E-state index in [1.54, 1.807) is 17.4 Å². The smallest absolute Gasteiger partial charge is 0.335 e. The number of carbonyl (C=O) groups excluding carboxylic acids is 2. The van der Waals surface area contributed by atoms with Crippen LogP contribution < -0.4 is 16.4 Å². The average molecular weight is 695 g/mol. The zero-order valence-corrected chi connectivity index (χ0v) is 28.3. The summed E-state index contributed by atoms with van der Waals surface area (Å²) in [6, 6.07) is 11.2. The largest absolute Gasteiger partial charge is 0.478 e. The molecule has 244 valence electrons. The molecule has 0 aliphatic carbocycles. The lowest BCUT2D eigenvalue weighted by Crippen LogP contribution is -2.27. The van der Waals surface area contributed by atoms with Crippen molar-refractivity contribution in [2.24, 2.45) is 10.7 Å². The Labute approximate surface area is 287 Å². The number of fused-ring (bicyclic) bond motifs is 3. The molecule has 1 aliphatic rings. The fourth-order valence-corrected chi connectivity index (χ4v) is 6.47. The molecule has 14 heteroatoms. The maximum Gasteiger partial charge on any atom is 0.335 e. The number of nitrogens with one attached hydrogen (secondary N) is 2. The second-order valence-corrected chi connectivity index (χ2v) is 12.4. The van der Waals surface area contributed by atoms with Crippen LogP contribution in [-0.2, 0) is 9.59 Å². The number of anilines is 1. The van der Waals surface area contributed by atoms with E-state index in [4.69, 9.17) is 22.3 Å². The third-order valence-corrected chi connectivity index (χ3v) is 8.88. The lowest BCUT2D eigenvalue weighted by atomic mass is 9.99. The number of thiophene rings is 1. The maximum absolute atomic E-state index is 13.2. The van der Waals surface area contributed by atoms with Gasteiger partial charge in [-0.3, -0.25) is 19.1 Å². The molecule has 1 unspecified atom stereocenters. The van der Waals surface area contributed by atoms with Crippen LogP contribution in [0.1, 0.15) is 74.4 Å². The molecule has 4 aromatic rings. The minimum absolute atomic E-state index is 0. The summed E-state index contributed by atoms with van der Waals surface area (Å²) in [5.74, 6) is 5.04. The van der Waals surface area contributed by atoms with E-state index in [1.807, 2.05) is 35.8 Å². The summed E-state index contributed by atoms with van der Waals surface area (Å²) in [5, 5.41) is 25.3. The van der Waals surface area contributed by atoms with Crippen LogP contribution in [0.15, 0.2) is 47.5 Å². The summed E-state index contributed by atoms with van der Waals surface area (Å²) in [5.41, 5.74) is 9.89. The SMILES string of the molecule is Cc1sc2c(c1C)C(c1ccc(Cl)cc1)=NC(CC(=O)NCCCC(=O)Nc1cc(C#CCN)cc(C(=O)O)c1)c1nnc(C)n1-2.Cl. The van der Waals surface area contributed by atoms with E-state index in [-0.39, 0.29) is 55.7 Å². The molecule has 2 aromatic heterocycles. The van der Waals surface area contributed by atoms with Crippen molar-refractivity contribution in [3.05, 3.63) is 91.8 Å². The van der Waals surface area contributed by atoms with Crippen molar-refractivity contribution < 1.29 is 19.5 Å². The fraction of sp³-hybridized carbons (Fsp3) is 0.273. The van der Waals surface area contributed by atoms with Gasteiger partial charge in [-0.25, -0.2) is 4.79 Å². The van der Waals surface area contributed by atoms with Gasteiger partial charge in [0, 0.05) is 45.2 Å². The van der Waals surface area contributed by atoms with Crippen LogP contribution in [0.5, 0.6) is 0 Å². The molecule has 47 heavy (non-hydrogen) atoms. The van der Waals surface area contributed by atoms with Crippen molar-refractivity contribution in [1.82, 2.24) is 20.1 Å². The van der Waals surface area contributed by atoms with Crippen LogP contribution in [0.4, 0.5) is 5.69 Å². The first-order chi connectivity index (χ1) is 22.0. The monoisotopic (exact) mass is 693 g/mol. The standard InChI is InChI=1S/C33H32ClN7O4S.ClH/c1-18-19(2)46-32-29(18)30(22-8-10-24(34)11-9-22)38-26(31-40-39-20(3)41(31)32)17-28(43)36-13-5-7-27(42)37-25-15-21(6-4-12-35)14-23(16-25)33(44)45;/h8-11,14-16,26H,5,7,12-13,17,35H2,1-3H3,(H,36,43)(H,37,42)(H,44,45);1H. The van der Waals surface area contributed by atoms with E-state index in [0.717, 1.165) is 32.3 Å². The van der Waals surface area contributed by atoms with Gasteiger partial charge in [-0.1, -0.05) is 35.6 Å². The van der Waals surface area contributed by atoms with Gasteiger partial charge in [0.1, 0.15) is 16.9 Å². The number of carboxylic acids is 1. The number of hydrogen-bond acceptors (Lipinski definition) is 8. The van der Waals surface area contributed by atoms with E-state index < -0.39 is 12.0 Å². The number of benzene rings is 2. The number of hydrogen-bond donors (Lipinski definition) is 4. The van der Waals surface area contributed by atoms with E-state index in [0.29, 0.717) is 34.3 Å². The summed E-state index contributed by atoms with van der Waals surface area (Å²) >= 11 is 7.82. The fourth-order valence-electron chi connectivity index (χ4n) is 5.13. The number of aryl methyl sites for hydroxylation is 2. The molecular weight excluding hydrogens is 661 g/mol. The zero-order valence-electron chi connectivity index (χ0n) is 25.9. The number of carboxylic acid groups (broad SMARTS) is 1. The number of amides is 2. The Bertz CT molecular complexity index is 1920. The van der Waals surface area contributed by atoms with E-state index >= 15 is 0 Å². The molecule has 5 N–H and O–H groups in total. The van der Waals surface area contributed by atoms with Crippen LogP contribution in [0.2, 0.25) is 5.02 Å². The van der Waals surface area contributed by atoms with Crippen LogP contribution in [0, 0.1) is 32.6 Å². The summed E-state index contributed by atoms with van der Waals surface area (Å²) < 4.78 is 1.99. The van der Waals surface area contributed by atoms with Gasteiger partial charge < -0.3 is 21.5 Å². The third kappa shape index (κ3) is 8.07. The Hall–Kier alpha value is -4.54. The van der Waals surface area contributed by atoms with Gasteiger partial charge in [0.25, 0.3) is 0 Å². The Morgan fingerprint density at radius 1 is 1.09 bits per heavy atom. The van der Waals surface area contributed by atoms with Crippen molar-refractivity contribution in [1.29, 1.82) is 0 Å². The van der Waals surface area contributed by atoms with Gasteiger partial charge >= 0.3 is 5.97 Å². The van der Waals surface area contributed by atoms with Crippen LogP contribution in [0.25, 0.3) is 5.00 Å². The van der Waals surface area contributed by atoms with Gasteiger partial charge in [0.2, 0.25) is 11.8 Å². The van der Waals surface area contributed by atoms with Crippen molar-refractivity contribution >= 4 is 64.5 Å². The Morgan fingerprint density at radius 3 is 2.53 bits per heavy atom. The topological polar surface area (TPSA) is 165 Å². The van der Waals surface area contributed by atoms with E-state index in [9.17, 15) is 19.5 Å². The molecule has 0 fully saturated rings. The highest BCUT2D eigenvalue weighted by molar-refractivity contribution is 7.15. The van der Waals surface area contributed by atoms with Gasteiger partial charge in [-0.15, -0.1) is 33.9 Å². The summed E-state index contributed by atoms with van der Waals surface area (Å²) in [6.45, 7) is 6.40. The van der Waals surface area contributed by atoms with Crippen LogP contribution in [-0.4, -0.2) is 56.5 Å². The minimum atomic E-state index is -1.14. The van der Waals surface area contributed by atoms with Crippen molar-refractivity contribution in [3.8, 4) is 16.8 Å². The quantitative estimate of drug-likeness (QED) is 0.139. The molecule has 5 rings (SSSR count). The third-order valence-electron chi connectivity index (χ3n) is 7.44. The second-order valence-electron chi connectivity index (χ2n) is 10.7. The number of aromatic carboxylic acids is 1. The average Bonchev–Trinajstić information content (AvgIpc) is 3.50. The number of aliphatic imine (C=N–C) groups is 1. The molecule has 2 amide bonds. The molecule has 2 aromatic carbocycles. The van der Waals surface area contributed by atoms with E-state index in [2.05, 4.69) is 46.5 Å². The highest BCUT2D eigenvalue weighted by atomic mass is 35.5. The number of nitrogens with two attached hydrogens (primary N) is 1. The number of halogens is 2. The van der Waals surface area contributed by atoms with Crippen molar-refractivity contribution in [2.75, 3.05) is 18.4 Å². The molecule has 0 saturated carbocycles. The van der Waals surface area contributed by atoms with Crippen LogP contribution in [0.3, 0.4) is 0 Å². The lowest BCUT2D eigenvalue weighted by Gasteiger charge is -2.13. The Kier molecular flexibility index (Phi) is 11.5. The van der Waals surface area contributed by atoms with Crippen molar-refractivity contribution in [3.63, 3.8) is 0 Å². The molecule has 1 atom stereocenters. The summed E-state index contributed by atoms with van der Waals surface area (Å²) in [6.07, 6.45) is 0.504. The molecule has 0 saturated heterocycles. The normalized spacial score (nSPS) is 13.1. The number of rotatable bonds is 9. The number of nitrogens with zero attached hydrogens (tertiary/aromatic N) is 4. The van der Waals surface area contributed by atoms with Gasteiger partial charge in [-0.05, 0) is 63.1 Å². The number of carbonyl (C=O) groups is 3. The Morgan fingerprint density at radius 2 is 1.83 bits per heavy atom. The highest BCUT2D eigenvalue weighted by Crippen LogP contribution is 2.39. The molecule has 0 radical (unpaired) electrons. The predicted molar refractivity (Wildman–Crippen MR) is 185 cm³/mol. The van der Waals surface area contributed by atoms with Crippen molar-refractivity contribution in [2.45, 2.75) is 46.1 Å². The molecular formula is C33H33Cl2N7O4S. The zero-order chi connectivity index (χ0) is 33.0. The molecule has 1 aliphatic heterocycles. The second kappa shape index (κ2) is 15.4. The summed E-state index contributed by atoms with van der Waals surface area (Å²) in [7, 11) is 0. The molecule has 0 spiro atoms. The Balaban J connectivity index is 0.00000500. The lowest BCUT2D eigenvalue weighted by molar-refractivity contribution is -0.122. The van der Waals surface area contributed by atoms with E-state index in [1.165, 1.54) is 12.1 Å². The number of aromatic nitrogens is 3. The predicted octanol–water partition coefficient (Wildman–Crippen LogP) is 5.15.